The minimum Gasteiger partial charge on any atom is -0.379 e. The van der Waals surface area contributed by atoms with E-state index in [4.69, 9.17) is 9.47 Å². The number of ether oxygens (including phenoxy) is 2. The minimum absolute atomic E-state index is 0.0398. The molecule has 0 spiro atoms. The van der Waals surface area contributed by atoms with Crippen LogP contribution in [0.3, 0.4) is 0 Å². The summed E-state index contributed by atoms with van der Waals surface area (Å²) in [6.07, 6.45) is 1.11. The van der Waals surface area contributed by atoms with Crippen LogP contribution in [0.4, 0.5) is 0 Å². The van der Waals surface area contributed by atoms with Crippen LogP contribution in [0, 0.1) is 5.92 Å². The Bertz CT molecular complexity index is 224. The zero-order valence-electron chi connectivity index (χ0n) is 10.8. The molecule has 1 fully saturated rings. The first-order chi connectivity index (χ1) is 8.24. The van der Waals surface area contributed by atoms with Gasteiger partial charge in [0.05, 0.1) is 13.2 Å². The Kier molecular flexibility index (Phi) is 7.16. The van der Waals surface area contributed by atoms with E-state index in [1.54, 1.807) is 0 Å². The molecule has 1 rings (SSSR count). The van der Waals surface area contributed by atoms with Gasteiger partial charge in [-0.25, -0.2) is 0 Å². The van der Waals surface area contributed by atoms with Gasteiger partial charge in [0.1, 0.15) is 6.61 Å². The van der Waals surface area contributed by atoms with Crippen LogP contribution in [0.1, 0.15) is 20.3 Å². The quantitative estimate of drug-likeness (QED) is 0.626. The first kappa shape index (κ1) is 14.4. The van der Waals surface area contributed by atoms with E-state index in [2.05, 4.69) is 17.6 Å². The van der Waals surface area contributed by atoms with E-state index in [9.17, 15) is 4.79 Å². The molecule has 0 aliphatic carbocycles. The Morgan fingerprint density at radius 2 is 2.18 bits per heavy atom. The second-order valence-electron chi connectivity index (χ2n) is 4.39. The van der Waals surface area contributed by atoms with Gasteiger partial charge in [-0.05, 0) is 25.8 Å². The lowest BCUT2D eigenvalue weighted by Gasteiger charge is -2.30. The maximum atomic E-state index is 11.6. The van der Waals surface area contributed by atoms with Gasteiger partial charge in [0.2, 0.25) is 5.91 Å². The first-order valence-electron chi connectivity index (χ1n) is 6.39. The van der Waals surface area contributed by atoms with Crippen LogP contribution in [0.5, 0.6) is 0 Å². The predicted molar refractivity (Wildman–Crippen MR) is 65.9 cm³/mol. The molecule has 1 aliphatic rings. The van der Waals surface area contributed by atoms with E-state index in [1.807, 2.05) is 6.92 Å². The van der Waals surface area contributed by atoms with Crippen LogP contribution in [0.25, 0.3) is 0 Å². The molecule has 17 heavy (non-hydrogen) atoms. The van der Waals surface area contributed by atoms with Crippen molar-refractivity contribution in [1.29, 1.82) is 0 Å². The molecule has 0 bridgehead atoms. The van der Waals surface area contributed by atoms with Gasteiger partial charge in [-0.15, -0.1) is 0 Å². The van der Waals surface area contributed by atoms with Crippen molar-refractivity contribution in [2.45, 2.75) is 26.3 Å². The second-order valence-corrected chi connectivity index (χ2v) is 4.39. The van der Waals surface area contributed by atoms with Crippen LogP contribution in [-0.2, 0) is 14.3 Å². The molecule has 1 amide bonds. The molecule has 1 saturated heterocycles. The Morgan fingerprint density at radius 3 is 2.88 bits per heavy atom. The zero-order valence-corrected chi connectivity index (χ0v) is 10.8. The number of piperidine rings is 1. The molecule has 1 aliphatic heterocycles. The van der Waals surface area contributed by atoms with E-state index < -0.39 is 0 Å². The van der Waals surface area contributed by atoms with E-state index in [0.717, 1.165) is 19.5 Å². The molecular weight excluding hydrogens is 220 g/mol. The van der Waals surface area contributed by atoms with E-state index >= 15 is 0 Å². The van der Waals surface area contributed by atoms with Crippen molar-refractivity contribution in [3.05, 3.63) is 0 Å². The summed E-state index contributed by atoms with van der Waals surface area (Å²) in [5.41, 5.74) is 0. The van der Waals surface area contributed by atoms with Gasteiger partial charge in [0.15, 0.2) is 0 Å². The number of carbonyl (C=O) groups excluding carboxylic acids is 1. The monoisotopic (exact) mass is 244 g/mol. The molecular formula is C12H24N2O3. The maximum Gasteiger partial charge on any atom is 0.246 e. The van der Waals surface area contributed by atoms with E-state index in [0.29, 0.717) is 25.7 Å². The largest absolute Gasteiger partial charge is 0.379 e. The number of carbonyl (C=O) groups is 1. The van der Waals surface area contributed by atoms with Crippen molar-refractivity contribution in [2.75, 3.05) is 39.5 Å². The van der Waals surface area contributed by atoms with Crippen molar-refractivity contribution in [3.8, 4) is 0 Å². The fourth-order valence-corrected chi connectivity index (χ4v) is 1.86. The number of nitrogens with one attached hydrogen (secondary N) is 2. The second kappa shape index (κ2) is 8.44. The van der Waals surface area contributed by atoms with Crippen LogP contribution >= 0.6 is 0 Å². The molecule has 5 nitrogen and oxygen atoms in total. The topological polar surface area (TPSA) is 59.6 Å². The average Bonchev–Trinajstić information content (AvgIpc) is 2.32. The molecule has 0 aromatic heterocycles. The van der Waals surface area contributed by atoms with Gasteiger partial charge >= 0.3 is 0 Å². The summed E-state index contributed by atoms with van der Waals surface area (Å²) in [7, 11) is 0. The van der Waals surface area contributed by atoms with Crippen molar-refractivity contribution in [3.63, 3.8) is 0 Å². The Morgan fingerprint density at radius 1 is 1.41 bits per heavy atom. The lowest BCUT2D eigenvalue weighted by molar-refractivity contribution is -0.127. The summed E-state index contributed by atoms with van der Waals surface area (Å²) in [6, 6.07) is 0.228. The molecule has 2 atom stereocenters. The summed E-state index contributed by atoms with van der Waals surface area (Å²) in [5, 5.41) is 6.27. The van der Waals surface area contributed by atoms with Gasteiger partial charge in [-0.3, -0.25) is 4.79 Å². The van der Waals surface area contributed by atoms with E-state index in [1.165, 1.54) is 0 Å². The third-order valence-electron chi connectivity index (χ3n) is 2.98. The summed E-state index contributed by atoms with van der Waals surface area (Å²) in [5.74, 6) is 0.491. The molecule has 100 valence electrons. The van der Waals surface area contributed by atoms with Crippen molar-refractivity contribution < 1.29 is 14.3 Å². The van der Waals surface area contributed by atoms with Crippen LogP contribution in [0.15, 0.2) is 0 Å². The Hall–Kier alpha value is -0.650. The SMILES string of the molecule is CCOCCOCC(=O)NC1CNCCC1C. The molecule has 2 N–H and O–H groups in total. The number of rotatable bonds is 7. The normalized spacial score (nSPS) is 24.6. The molecule has 5 heteroatoms. The highest BCUT2D eigenvalue weighted by Crippen LogP contribution is 2.10. The van der Waals surface area contributed by atoms with Crippen LogP contribution < -0.4 is 10.6 Å². The molecule has 0 aromatic carbocycles. The fraction of sp³-hybridized carbons (Fsp3) is 0.917. The molecule has 0 saturated carbocycles. The molecule has 0 radical (unpaired) electrons. The van der Waals surface area contributed by atoms with Crippen molar-refractivity contribution in [1.82, 2.24) is 10.6 Å². The fourth-order valence-electron chi connectivity index (χ4n) is 1.86. The third-order valence-corrected chi connectivity index (χ3v) is 2.98. The highest BCUT2D eigenvalue weighted by Gasteiger charge is 2.22. The zero-order chi connectivity index (χ0) is 12.5. The highest BCUT2D eigenvalue weighted by molar-refractivity contribution is 5.77. The highest BCUT2D eigenvalue weighted by atomic mass is 16.5. The maximum absolute atomic E-state index is 11.6. The van der Waals surface area contributed by atoms with Gasteiger partial charge in [-0.1, -0.05) is 6.92 Å². The standard InChI is InChI=1S/C12H24N2O3/c1-3-16-6-7-17-9-12(15)14-11-8-13-5-4-10(11)2/h10-11,13H,3-9H2,1-2H3,(H,14,15). The van der Waals surface area contributed by atoms with Crippen molar-refractivity contribution >= 4 is 5.91 Å². The Balaban J connectivity index is 2.07. The lowest BCUT2D eigenvalue weighted by atomic mass is 9.95. The van der Waals surface area contributed by atoms with Crippen molar-refractivity contribution in [2.24, 2.45) is 5.92 Å². The summed E-state index contributed by atoms with van der Waals surface area (Å²) in [4.78, 5) is 11.6. The summed E-state index contributed by atoms with van der Waals surface area (Å²) >= 11 is 0. The Labute approximate surface area is 103 Å². The molecule has 1 heterocycles. The lowest BCUT2D eigenvalue weighted by Crippen LogP contribution is -2.51. The summed E-state index contributed by atoms with van der Waals surface area (Å²) in [6.45, 7) is 7.82. The average molecular weight is 244 g/mol. The predicted octanol–water partition coefficient (Wildman–Crippen LogP) is 0.154. The smallest absolute Gasteiger partial charge is 0.246 e. The van der Waals surface area contributed by atoms with E-state index in [-0.39, 0.29) is 18.6 Å². The van der Waals surface area contributed by atoms with Crippen LogP contribution in [-0.4, -0.2) is 51.5 Å². The molecule has 2 unspecified atom stereocenters. The summed E-state index contributed by atoms with van der Waals surface area (Å²) < 4.78 is 10.3. The third kappa shape index (κ3) is 6.00. The number of hydrogen-bond acceptors (Lipinski definition) is 4. The minimum atomic E-state index is -0.0398. The van der Waals surface area contributed by atoms with Gasteiger partial charge in [0, 0.05) is 19.2 Å². The van der Waals surface area contributed by atoms with Gasteiger partial charge in [0.25, 0.3) is 0 Å². The van der Waals surface area contributed by atoms with Gasteiger partial charge < -0.3 is 20.1 Å². The first-order valence-corrected chi connectivity index (χ1v) is 6.39. The van der Waals surface area contributed by atoms with Crippen LogP contribution in [0.2, 0.25) is 0 Å². The number of hydrogen-bond donors (Lipinski definition) is 2. The van der Waals surface area contributed by atoms with Gasteiger partial charge in [-0.2, -0.15) is 0 Å². The number of amides is 1. The molecule has 0 aromatic rings.